The number of fused-ring (bicyclic) bond motifs is 1. The average Bonchev–Trinajstić information content (AvgIpc) is 2.86. The topological polar surface area (TPSA) is 35.2 Å². The van der Waals surface area contributed by atoms with Crippen LogP contribution in [0.3, 0.4) is 0 Å². The van der Waals surface area contributed by atoms with Gasteiger partial charge in [0.2, 0.25) is 0 Å². The van der Waals surface area contributed by atoms with Gasteiger partial charge < -0.3 is 10.5 Å². The molecule has 3 heteroatoms. The summed E-state index contributed by atoms with van der Waals surface area (Å²) in [6.07, 6.45) is 2.72. The van der Waals surface area contributed by atoms with Crippen molar-refractivity contribution >= 4 is 0 Å². The SMILES string of the molecule is COc1ccc(CC2(CN)Cc3ccccc3C2)cc1F. The normalized spacial score (nSPS) is 15.8. The minimum absolute atomic E-state index is 0.00468. The molecule has 0 saturated heterocycles. The van der Waals surface area contributed by atoms with Crippen molar-refractivity contribution < 1.29 is 9.13 Å². The Balaban J connectivity index is 1.85. The molecule has 0 fully saturated rings. The first kappa shape index (κ1) is 14.1. The molecule has 2 aromatic rings. The van der Waals surface area contributed by atoms with E-state index < -0.39 is 0 Å². The Morgan fingerprint density at radius 2 is 1.81 bits per heavy atom. The third-order valence-electron chi connectivity index (χ3n) is 4.48. The molecule has 0 aliphatic heterocycles. The first-order valence-electron chi connectivity index (χ1n) is 7.25. The van der Waals surface area contributed by atoms with Crippen molar-refractivity contribution in [2.45, 2.75) is 19.3 Å². The number of hydrogen-bond donors (Lipinski definition) is 1. The first-order valence-corrected chi connectivity index (χ1v) is 7.25. The number of hydrogen-bond acceptors (Lipinski definition) is 2. The van der Waals surface area contributed by atoms with Crippen molar-refractivity contribution in [2.24, 2.45) is 11.1 Å². The maximum atomic E-state index is 13.9. The molecule has 1 aliphatic carbocycles. The van der Waals surface area contributed by atoms with Crippen LogP contribution in [0.1, 0.15) is 16.7 Å². The van der Waals surface area contributed by atoms with Gasteiger partial charge in [0.15, 0.2) is 11.6 Å². The van der Waals surface area contributed by atoms with E-state index in [4.69, 9.17) is 10.5 Å². The highest BCUT2D eigenvalue weighted by molar-refractivity contribution is 5.37. The lowest BCUT2D eigenvalue weighted by atomic mass is 9.79. The molecule has 2 aromatic carbocycles. The van der Waals surface area contributed by atoms with E-state index in [1.807, 2.05) is 6.07 Å². The molecule has 2 N–H and O–H groups in total. The molecule has 0 amide bonds. The predicted molar refractivity (Wildman–Crippen MR) is 82.0 cm³/mol. The Labute approximate surface area is 124 Å². The number of halogens is 1. The Bertz CT molecular complexity index is 628. The van der Waals surface area contributed by atoms with Crippen LogP contribution in [0.2, 0.25) is 0 Å². The summed E-state index contributed by atoms with van der Waals surface area (Å²) in [6.45, 7) is 0.606. The summed E-state index contributed by atoms with van der Waals surface area (Å²) in [5.41, 5.74) is 9.80. The second kappa shape index (κ2) is 5.49. The van der Waals surface area contributed by atoms with Crippen LogP contribution in [-0.2, 0) is 19.3 Å². The first-order chi connectivity index (χ1) is 10.2. The standard InChI is InChI=1S/C18H20FNO/c1-21-17-7-6-13(8-16(17)19)9-18(12-20)10-14-4-2-3-5-15(14)11-18/h2-8H,9-12,20H2,1H3. The number of benzene rings is 2. The van der Waals surface area contributed by atoms with Crippen LogP contribution in [0.4, 0.5) is 4.39 Å². The molecule has 2 nitrogen and oxygen atoms in total. The minimum Gasteiger partial charge on any atom is -0.494 e. The van der Waals surface area contributed by atoms with Crippen molar-refractivity contribution in [1.82, 2.24) is 0 Å². The molecule has 110 valence electrons. The van der Waals surface area contributed by atoms with Gasteiger partial charge in [-0.25, -0.2) is 4.39 Å². The molecule has 0 radical (unpaired) electrons. The van der Waals surface area contributed by atoms with Gasteiger partial charge in [-0.2, -0.15) is 0 Å². The Kier molecular flexibility index (Phi) is 3.68. The highest BCUT2D eigenvalue weighted by atomic mass is 19.1. The second-order valence-electron chi connectivity index (χ2n) is 5.97. The molecule has 0 aromatic heterocycles. The number of rotatable bonds is 4. The van der Waals surface area contributed by atoms with Crippen molar-refractivity contribution in [2.75, 3.05) is 13.7 Å². The van der Waals surface area contributed by atoms with Crippen molar-refractivity contribution in [3.8, 4) is 5.75 Å². The van der Waals surface area contributed by atoms with Crippen molar-refractivity contribution in [3.63, 3.8) is 0 Å². The van der Waals surface area contributed by atoms with Crippen LogP contribution in [0.5, 0.6) is 5.75 Å². The summed E-state index contributed by atoms with van der Waals surface area (Å²) in [5, 5.41) is 0. The lowest BCUT2D eigenvalue weighted by Crippen LogP contribution is -2.33. The highest BCUT2D eigenvalue weighted by Crippen LogP contribution is 2.39. The zero-order chi connectivity index (χ0) is 14.9. The van der Waals surface area contributed by atoms with Gasteiger partial charge in [0.25, 0.3) is 0 Å². The van der Waals surface area contributed by atoms with E-state index in [1.165, 1.54) is 18.2 Å². The largest absolute Gasteiger partial charge is 0.494 e. The summed E-state index contributed by atoms with van der Waals surface area (Å²) in [4.78, 5) is 0. The molecule has 0 heterocycles. The summed E-state index contributed by atoms with van der Waals surface area (Å²) in [7, 11) is 1.48. The van der Waals surface area contributed by atoms with Gasteiger partial charge in [0.05, 0.1) is 7.11 Å². The van der Waals surface area contributed by atoms with E-state index in [-0.39, 0.29) is 17.0 Å². The fraction of sp³-hybridized carbons (Fsp3) is 0.333. The van der Waals surface area contributed by atoms with Gasteiger partial charge in [0.1, 0.15) is 0 Å². The molecular formula is C18H20FNO. The lowest BCUT2D eigenvalue weighted by Gasteiger charge is -2.27. The molecule has 0 spiro atoms. The fourth-order valence-electron chi connectivity index (χ4n) is 3.37. The molecule has 0 saturated carbocycles. The van der Waals surface area contributed by atoms with Crippen LogP contribution >= 0.6 is 0 Å². The molecule has 21 heavy (non-hydrogen) atoms. The minimum atomic E-state index is -0.308. The summed E-state index contributed by atoms with van der Waals surface area (Å²) in [5.74, 6) is -0.0204. The van der Waals surface area contributed by atoms with Crippen LogP contribution in [0.25, 0.3) is 0 Å². The van der Waals surface area contributed by atoms with Crippen LogP contribution in [-0.4, -0.2) is 13.7 Å². The molecule has 0 unspecified atom stereocenters. The van der Waals surface area contributed by atoms with E-state index in [1.54, 1.807) is 12.1 Å². The molecule has 3 rings (SSSR count). The molecular weight excluding hydrogens is 265 g/mol. The third kappa shape index (κ3) is 2.66. The zero-order valence-electron chi connectivity index (χ0n) is 12.2. The van der Waals surface area contributed by atoms with Gasteiger partial charge in [0, 0.05) is 0 Å². The predicted octanol–water partition coefficient (Wildman–Crippen LogP) is 3.12. The quantitative estimate of drug-likeness (QED) is 0.936. The van der Waals surface area contributed by atoms with E-state index >= 15 is 0 Å². The summed E-state index contributed by atoms with van der Waals surface area (Å²) >= 11 is 0. The van der Waals surface area contributed by atoms with E-state index in [9.17, 15) is 4.39 Å². The van der Waals surface area contributed by atoms with Crippen LogP contribution in [0, 0.1) is 11.2 Å². The number of ether oxygens (including phenoxy) is 1. The number of nitrogens with two attached hydrogens (primary N) is 1. The maximum Gasteiger partial charge on any atom is 0.165 e. The highest BCUT2D eigenvalue weighted by Gasteiger charge is 2.36. The summed E-state index contributed by atoms with van der Waals surface area (Å²) < 4.78 is 18.8. The monoisotopic (exact) mass is 285 g/mol. The van der Waals surface area contributed by atoms with Crippen LogP contribution < -0.4 is 10.5 Å². The summed E-state index contributed by atoms with van der Waals surface area (Å²) in [6, 6.07) is 13.7. The Morgan fingerprint density at radius 3 is 2.33 bits per heavy atom. The van der Waals surface area contributed by atoms with E-state index in [0.717, 1.165) is 24.8 Å². The van der Waals surface area contributed by atoms with E-state index in [0.29, 0.717) is 6.54 Å². The Hall–Kier alpha value is -1.87. The van der Waals surface area contributed by atoms with Gasteiger partial charge in [-0.1, -0.05) is 30.3 Å². The zero-order valence-corrected chi connectivity index (χ0v) is 12.2. The van der Waals surface area contributed by atoms with Gasteiger partial charge in [-0.05, 0) is 60.0 Å². The van der Waals surface area contributed by atoms with Crippen molar-refractivity contribution in [3.05, 3.63) is 65.0 Å². The second-order valence-corrected chi connectivity index (χ2v) is 5.97. The maximum absolute atomic E-state index is 13.9. The van der Waals surface area contributed by atoms with Crippen LogP contribution in [0.15, 0.2) is 42.5 Å². The number of methoxy groups -OCH3 is 1. The van der Waals surface area contributed by atoms with Gasteiger partial charge in [-0.3, -0.25) is 0 Å². The smallest absolute Gasteiger partial charge is 0.165 e. The lowest BCUT2D eigenvalue weighted by molar-refractivity contribution is 0.314. The fourth-order valence-corrected chi connectivity index (χ4v) is 3.37. The average molecular weight is 285 g/mol. The van der Waals surface area contributed by atoms with Crippen molar-refractivity contribution in [1.29, 1.82) is 0 Å². The molecule has 1 aliphatic rings. The van der Waals surface area contributed by atoms with Gasteiger partial charge in [-0.15, -0.1) is 0 Å². The molecule has 0 bridgehead atoms. The van der Waals surface area contributed by atoms with E-state index in [2.05, 4.69) is 24.3 Å². The third-order valence-corrected chi connectivity index (χ3v) is 4.48. The van der Waals surface area contributed by atoms with Gasteiger partial charge >= 0.3 is 0 Å². The Morgan fingerprint density at radius 1 is 1.14 bits per heavy atom. The molecule has 0 atom stereocenters.